The zero-order valence-electron chi connectivity index (χ0n) is 19.5. The summed E-state index contributed by atoms with van der Waals surface area (Å²) in [5.41, 5.74) is 3.70. The van der Waals surface area contributed by atoms with E-state index in [4.69, 9.17) is 21.1 Å². The molecule has 11 heteroatoms. The molecular weight excluding hydrogens is 498 g/mol. The van der Waals surface area contributed by atoms with Crippen LogP contribution in [0, 0.1) is 0 Å². The number of carbonyl (C=O) groups is 2. The van der Waals surface area contributed by atoms with Gasteiger partial charge in [0.2, 0.25) is 11.7 Å². The van der Waals surface area contributed by atoms with E-state index in [1.54, 1.807) is 35.4 Å². The number of amides is 1. The van der Waals surface area contributed by atoms with Gasteiger partial charge in [0.15, 0.2) is 0 Å². The van der Waals surface area contributed by atoms with Gasteiger partial charge >= 0.3 is 5.97 Å². The number of carboxylic acids is 1. The van der Waals surface area contributed by atoms with Gasteiger partial charge in [0.05, 0.1) is 5.69 Å². The lowest BCUT2D eigenvalue weighted by Gasteiger charge is -2.19. The second-order valence-corrected chi connectivity index (χ2v) is 9.32. The first kappa shape index (κ1) is 22.9. The molecule has 1 atom stereocenters. The number of hydrogen-bond donors (Lipinski definition) is 2. The number of nitrogens with one attached hydrogen (secondary N) is 1. The number of rotatable bonds is 5. The molecule has 0 spiro atoms. The number of carbonyl (C=O) groups excluding carboxylic acids is 1. The van der Waals surface area contributed by atoms with Crippen molar-refractivity contribution in [3.63, 3.8) is 0 Å². The molecule has 1 aliphatic heterocycles. The van der Waals surface area contributed by atoms with Crippen LogP contribution < -0.4 is 10.9 Å². The Hall–Kier alpha value is -4.57. The molecule has 186 valence electrons. The van der Waals surface area contributed by atoms with Crippen LogP contribution in [-0.4, -0.2) is 36.1 Å². The summed E-state index contributed by atoms with van der Waals surface area (Å²) in [5, 5.41) is 17.2. The SMILES string of the molecule is Cn1ncn1-c1ccc(Cl)cc1-c1cc2n(c(=O)c1)[C@H](C(=O)Nc1ccc3oc(C(=O)O)cc3c1)CC2. The fraction of sp³-hybridized carbons (Fsp3) is 0.154. The van der Waals surface area contributed by atoms with Crippen molar-refractivity contribution in [2.24, 2.45) is 7.05 Å². The van der Waals surface area contributed by atoms with Gasteiger partial charge in [0.1, 0.15) is 18.0 Å². The maximum absolute atomic E-state index is 13.3. The second-order valence-electron chi connectivity index (χ2n) is 8.88. The van der Waals surface area contributed by atoms with Gasteiger partial charge in [0, 0.05) is 40.5 Å². The van der Waals surface area contributed by atoms with Gasteiger partial charge < -0.3 is 19.4 Å². The fourth-order valence-corrected chi connectivity index (χ4v) is 4.99. The van der Waals surface area contributed by atoms with Gasteiger partial charge in [-0.25, -0.2) is 14.3 Å². The van der Waals surface area contributed by atoms with E-state index in [-0.39, 0.29) is 17.2 Å². The number of hydrogen-bond acceptors (Lipinski definition) is 5. The molecule has 1 aliphatic rings. The third kappa shape index (κ3) is 3.91. The molecule has 4 heterocycles. The number of aromatic carboxylic acids is 1. The van der Waals surface area contributed by atoms with Crippen LogP contribution in [0.2, 0.25) is 5.02 Å². The van der Waals surface area contributed by atoms with E-state index in [1.807, 2.05) is 29.9 Å². The van der Waals surface area contributed by atoms with E-state index in [9.17, 15) is 14.4 Å². The largest absolute Gasteiger partial charge is 0.475 e. The maximum Gasteiger partial charge on any atom is 0.371 e. The monoisotopic (exact) mass is 517 g/mol. The van der Waals surface area contributed by atoms with Gasteiger partial charge in [-0.1, -0.05) is 11.6 Å². The third-order valence-electron chi connectivity index (χ3n) is 6.59. The van der Waals surface area contributed by atoms with E-state index < -0.39 is 12.0 Å². The van der Waals surface area contributed by atoms with E-state index in [0.29, 0.717) is 40.1 Å². The predicted molar refractivity (Wildman–Crippen MR) is 136 cm³/mol. The predicted octanol–water partition coefficient (Wildman–Crippen LogP) is 4.26. The van der Waals surface area contributed by atoms with Gasteiger partial charge in [0.25, 0.3) is 5.56 Å². The number of furan rings is 1. The zero-order chi connectivity index (χ0) is 25.8. The first-order valence-corrected chi connectivity index (χ1v) is 11.9. The van der Waals surface area contributed by atoms with Gasteiger partial charge in [-0.15, -0.1) is 5.10 Å². The maximum atomic E-state index is 13.3. The van der Waals surface area contributed by atoms with Crippen molar-refractivity contribution < 1.29 is 19.1 Å². The smallest absolute Gasteiger partial charge is 0.371 e. The number of anilines is 1. The average Bonchev–Trinajstić information content (AvgIpc) is 3.48. The van der Waals surface area contributed by atoms with Crippen molar-refractivity contribution >= 4 is 40.1 Å². The normalized spacial score (nSPS) is 14.7. The zero-order valence-corrected chi connectivity index (χ0v) is 20.3. The highest BCUT2D eigenvalue weighted by Crippen LogP contribution is 2.33. The molecule has 0 radical (unpaired) electrons. The minimum Gasteiger partial charge on any atom is -0.475 e. The third-order valence-corrected chi connectivity index (χ3v) is 6.82. The summed E-state index contributed by atoms with van der Waals surface area (Å²) in [7, 11) is 1.81. The molecule has 2 N–H and O–H groups in total. The summed E-state index contributed by atoms with van der Waals surface area (Å²) in [4.78, 5) is 39.3. The van der Waals surface area contributed by atoms with Crippen LogP contribution in [0.4, 0.5) is 5.69 Å². The molecule has 3 aromatic heterocycles. The molecule has 2 aromatic carbocycles. The minimum absolute atomic E-state index is 0.179. The van der Waals surface area contributed by atoms with Crippen molar-refractivity contribution in [2.75, 3.05) is 5.32 Å². The lowest BCUT2D eigenvalue weighted by molar-refractivity contribution is -0.119. The first-order chi connectivity index (χ1) is 17.8. The quantitative estimate of drug-likeness (QED) is 0.359. The number of aromatic nitrogens is 4. The second kappa shape index (κ2) is 8.52. The number of pyridine rings is 1. The number of fused-ring (bicyclic) bond motifs is 2. The van der Waals surface area contributed by atoms with Gasteiger partial charge in [-0.05, 0) is 66.9 Å². The summed E-state index contributed by atoms with van der Waals surface area (Å²) >= 11 is 6.28. The molecule has 0 saturated carbocycles. The molecule has 0 fully saturated rings. The van der Waals surface area contributed by atoms with Crippen LogP contribution in [0.3, 0.4) is 0 Å². The van der Waals surface area contributed by atoms with E-state index in [1.165, 1.54) is 16.7 Å². The summed E-state index contributed by atoms with van der Waals surface area (Å²) < 4.78 is 8.64. The van der Waals surface area contributed by atoms with Crippen LogP contribution in [0.25, 0.3) is 27.8 Å². The Labute approximate surface area is 214 Å². The number of halogens is 1. The summed E-state index contributed by atoms with van der Waals surface area (Å²) in [6.45, 7) is 0. The summed E-state index contributed by atoms with van der Waals surface area (Å²) in [6.07, 6.45) is 2.72. The molecule has 0 aliphatic carbocycles. The van der Waals surface area contributed by atoms with Crippen LogP contribution in [-0.2, 0) is 18.3 Å². The lowest BCUT2D eigenvalue weighted by atomic mass is 10.0. The first-order valence-electron chi connectivity index (χ1n) is 11.5. The minimum atomic E-state index is -1.17. The van der Waals surface area contributed by atoms with Crippen molar-refractivity contribution in [2.45, 2.75) is 18.9 Å². The topological polar surface area (TPSA) is 124 Å². The van der Waals surface area contributed by atoms with Crippen molar-refractivity contribution in [3.05, 3.63) is 87.8 Å². The Kier molecular flexibility index (Phi) is 5.27. The number of carboxylic acid groups (broad SMARTS) is 1. The molecule has 0 bridgehead atoms. The summed E-state index contributed by atoms with van der Waals surface area (Å²) in [5.74, 6) is -1.67. The Morgan fingerprint density at radius 3 is 2.70 bits per heavy atom. The molecular formula is C26H20ClN5O5. The lowest BCUT2D eigenvalue weighted by Crippen LogP contribution is -2.31. The highest BCUT2D eigenvalue weighted by atomic mass is 35.5. The molecule has 0 unspecified atom stereocenters. The molecule has 1 amide bonds. The number of aryl methyl sites for hydroxylation is 2. The van der Waals surface area contributed by atoms with Crippen LogP contribution in [0.15, 0.2) is 70.1 Å². The van der Waals surface area contributed by atoms with Crippen LogP contribution in [0.5, 0.6) is 0 Å². The Bertz CT molecular complexity index is 1780. The standard InChI is InChI=1S/C26H20ClN5O5/c1-30-28-13-31(30)20-5-2-16(27)12-19(20)14-9-18-4-6-21(32(18)24(33)11-14)25(34)29-17-3-7-22-15(8-17)10-23(37-22)26(35)36/h2-3,5,7-13,21H,4,6H2,1H3,(H,29,34)(H,35,36)/t21-/m0/s1. The average molecular weight is 518 g/mol. The Morgan fingerprint density at radius 2 is 1.97 bits per heavy atom. The Balaban J connectivity index is 1.30. The molecule has 0 saturated heterocycles. The van der Waals surface area contributed by atoms with Crippen LogP contribution >= 0.6 is 11.6 Å². The fourth-order valence-electron chi connectivity index (χ4n) is 4.81. The van der Waals surface area contributed by atoms with Gasteiger partial charge in [-0.2, -0.15) is 0 Å². The van der Waals surface area contributed by atoms with Crippen LogP contribution in [0.1, 0.15) is 28.7 Å². The van der Waals surface area contributed by atoms with E-state index >= 15 is 0 Å². The number of nitrogens with zero attached hydrogens (tertiary/aromatic N) is 4. The van der Waals surface area contributed by atoms with Crippen molar-refractivity contribution in [1.82, 2.24) is 19.1 Å². The van der Waals surface area contributed by atoms with Crippen molar-refractivity contribution in [1.29, 1.82) is 0 Å². The highest BCUT2D eigenvalue weighted by Gasteiger charge is 2.30. The highest BCUT2D eigenvalue weighted by molar-refractivity contribution is 6.31. The molecule has 10 nitrogen and oxygen atoms in total. The number of benzene rings is 2. The van der Waals surface area contributed by atoms with E-state index in [0.717, 1.165) is 16.9 Å². The molecule has 5 aromatic rings. The summed E-state index contributed by atoms with van der Waals surface area (Å²) in [6, 6.07) is 14.5. The Morgan fingerprint density at radius 1 is 1.14 bits per heavy atom. The van der Waals surface area contributed by atoms with Crippen molar-refractivity contribution in [3.8, 4) is 16.8 Å². The van der Waals surface area contributed by atoms with Gasteiger partial charge in [-0.3, -0.25) is 9.59 Å². The molecule has 6 rings (SSSR count). The van der Waals surface area contributed by atoms with E-state index in [2.05, 4.69) is 10.4 Å². The molecule has 37 heavy (non-hydrogen) atoms.